The maximum absolute atomic E-state index is 11.9. The Balaban J connectivity index is 1.39. The number of nitrogens with zero attached hydrogens (tertiary/aromatic N) is 1. The highest BCUT2D eigenvalue weighted by Gasteiger charge is 2.17. The lowest BCUT2D eigenvalue weighted by atomic mass is 10.2. The number of carbonyl (C=O) groups is 1. The Morgan fingerprint density at radius 1 is 1.22 bits per heavy atom. The first-order chi connectivity index (χ1) is 11.2. The Morgan fingerprint density at radius 2 is 2.00 bits per heavy atom. The third-order valence-electron chi connectivity index (χ3n) is 4.12. The fourth-order valence-corrected chi connectivity index (χ4v) is 2.68. The predicted molar refractivity (Wildman–Crippen MR) is 84.7 cm³/mol. The number of urea groups is 1. The molecule has 0 unspecified atom stereocenters. The molecule has 0 aliphatic carbocycles. The van der Waals surface area contributed by atoms with Crippen LogP contribution >= 0.6 is 0 Å². The molecule has 1 atom stereocenters. The number of morpholine rings is 1. The molecule has 3 rings (SSSR count). The van der Waals surface area contributed by atoms with Gasteiger partial charge in [-0.05, 0) is 24.6 Å². The maximum atomic E-state index is 11.9. The molecule has 126 valence electrons. The summed E-state index contributed by atoms with van der Waals surface area (Å²) in [5.41, 5.74) is 0.977. The zero-order valence-electron chi connectivity index (χ0n) is 13.3. The Hall–Kier alpha value is -1.99. The van der Waals surface area contributed by atoms with Crippen molar-refractivity contribution in [3.05, 3.63) is 23.8 Å². The van der Waals surface area contributed by atoms with E-state index in [0.717, 1.165) is 43.4 Å². The van der Waals surface area contributed by atoms with Crippen LogP contribution in [0, 0.1) is 0 Å². The normalized spacial score (nSPS) is 18.5. The smallest absolute Gasteiger partial charge is 0.315 e. The van der Waals surface area contributed by atoms with E-state index in [9.17, 15) is 4.79 Å². The summed E-state index contributed by atoms with van der Waals surface area (Å²) in [7, 11) is 0. The number of hydrogen-bond acceptors (Lipinski definition) is 5. The third kappa shape index (κ3) is 4.27. The van der Waals surface area contributed by atoms with Gasteiger partial charge in [0, 0.05) is 32.2 Å². The lowest BCUT2D eigenvalue weighted by molar-refractivity contribution is 0.0209. The van der Waals surface area contributed by atoms with E-state index >= 15 is 0 Å². The van der Waals surface area contributed by atoms with Crippen molar-refractivity contribution in [3.63, 3.8) is 0 Å². The van der Waals surface area contributed by atoms with Crippen LogP contribution in [0.25, 0.3) is 0 Å². The van der Waals surface area contributed by atoms with Crippen LogP contribution < -0.4 is 20.1 Å². The van der Waals surface area contributed by atoms with E-state index in [0.29, 0.717) is 19.1 Å². The van der Waals surface area contributed by atoms with Crippen molar-refractivity contribution in [1.29, 1.82) is 0 Å². The summed E-state index contributed by atoms with van der Waals surface area (Å²) in [6, 6.07) is 5.80. The van der Waals surface area contributed by atoms with E-state index in [1.807, 2.05) is 18.2 Å². The van der Waals surface area contributed by atoms with Gasteiger partial charge in [0.05, 0.1) is 13.2 Å². The third-order valence-corrected chi connectivity index (χ3v) is 4.12. The van der Waals surface area contributed by atoms with Crippen LogP contribution in [0.4, 0.5) is 4.79 Å². The van der Waals surface area contributed by atoms with Gasteiger partial charge in [-0.15, -0.1) is 0 Å². The number of fused-ring (bicyclic) bond motifs is 1. The molecular weight excluding hydrogens is 298 g/mol. The van der Waals surface area contributed by atoms with Gasteiger partial charge >= 0.3 is 6.03 Å². The molecule has 2 heterocycles. The number of ether oxygens (including phenoxy) is 3. The van der Waals surface area contributed by atoms with Gasteiger partial charge in [0.1, 0.15) is 0 Å². The largest absolute Gasteiger partial charge is 0.454 e. The number of rotatable bonds is 5. The Bertz CT molecular complexity index is 546. The summed E-state index contributed by atoms with van der Waals surface area (Å²) in [6.45, 7) is 6.81. The predicted octanol–water partition coefficient (Wildman–Crippen LogP) is 0.935. The molecule has 1 aromatic carbocycles. The molecule has 23 heavy (non-hydrogen) atoms. The Kier molecular flexibility index (Phi) is 5.19. The van der Waals surface area contributed by atoms with Gasteiger partial charge in [-0.25, -0.2) is 4.79 Å². The summed E-state index contributed by atoms with van der Waals surface area (Å²) < 4.78 is 15.9. The van der Waals surface area contributed by atoms with Gasteiger partial charge in [-0.3, -0.25) is 4.90 Å². The second-order valence-corrected chi connectivity index (χ2v) is 5.75. The van der Waals surface area contributed by atoms with E-state index in [1.54, 1.807) is 0 Å². The van der Waals surface area contributed by atoms with Crippen LogP contribution in [0.1, 0.15) is 12.5 Å². The molecule has 1 saturated heterocycles. The maximum Gasteiger partial charge on any atom is 0.315 e. The molecule has 0 bridgehead atoms. The number of nitrogens with one attached hydrogen (secondary N) is 2. The molecule has 2 aliphatic rings. The van der Waals surface area contributed by atoms with E-state index < -0.39 is 0 Å². The molecule has 2 N–H and O–H groups in total. The first kappa shape index (κ1) is 15.9. The van der Waals surface area contributed by atoms with Crippen LogP contribution in [-0.2, 0) is 11.3 Å². The van der Waals surface area contributed by atoms with Crippen LogP contribution in [0.2, 0.25) is 0 Å². The van der Waals surface area contributed by atoms with Crippen molar-refractivity contribution in [2.45, 2.75) is 19.5 Å². The van der Waals surface area contributed by atoms with Crippen LogP contribution in [0.15, 0.2) is 18.2 Å². The topological polar surface area (TPSA) is 72.1 Å². The van der Waals surface area contributed by atoms with E-state index in [4.69, 9.17) is 14.2 Å². The monoisotopic (exact) mass is 321 g/mol. The molecule has 0 radical (unpaired) electrons. The molecule has 1 aromatic rings. The van der Waals surface area contributed by atoms with Gasteiger partial charge in [0.25, 0.3) is 0 Å². The average Bonchev–Trinajstić information content (AvgIpc) is 3.06. The van der Waals surface area contributed by atoms with E-state index in [-0.39, 0.29) is 12.8 Å². The average molecular weight is 321 g/mol. The van der Waals surface area contributed by atoms with Gasteiger partial charge in [0.15, 0.2) is 11.5 Å². The van der Waals surface area contributed by atoms with Gasteiger partial charge in [-0.1, -0.05) is 6.07 Å². The zero-order valence-corrected chi connectivity index (χ0v) is 13.3. The van der Waals surface area contributed by atoms with E-state index in [1.165, 1.54) is 0 Å². The molecule has 2 aliphatic heterocycles. The highest BCUT2D eigenvalue weighted by Crippen LogP contribution is 2.32. The Morgan fingerprint density at radius 3 is 2.83 bits per heavy atom. The fraction of sp³-hybridized carbons (Fsp3) is 0.562. The minimum atomic E-state index is -0.164. The minimum Gasteiger partial charge on any atom is -0.454 e. The molecular formula is C16H23N3O4. The molecule has 7 nitrogen and oxygen atoms in total. The molecule has 0 spiro atoms. The minimum absolute atomic E-state index is 0.164. The summed E-state index contributed by atoms with van der Waals surface area (Å²) >= 11 is 0. The number of hydrogen-bond donors (Lipinski definition) is 2. The van der Waals surface area contributed by atoms with Crippen molar-refractivity contribution in [1.82, 2.24) is 15.5 Å². The standard InChI is InChI=1S/C16H23N3O4/c1-12(19-4-6-21-7-5-19)9-17-16(20)18-10-13-2-3-14-15(8-13)23-11-22-14/h2-3,8,12H,4-7,9-11H2,1H3,(H2,17,18,20)/t12-/m1/s1. The van der Waals surface area contributed by atoms with Gasteiger partial charge < -0.3 is 24.8 Å². The fourth-order valence-electron chi connectivity index (χ4n) is 2.68. The molecule has 7 heteroatoms. The summed E-state index contributed by atoms with van der Waals surface area (Å²) in [5, 5.41) is 5.77. The number of benzene rings is 1. The first-order valence-electron chi connectivity index (χ1n) is 7.94. The zero-order chi connectivity index (χ0) is 16.1. The first-order valence-corrected chi connectivity index (χ1v) is 7.94. The highest BCUT2D eigenvalue weighted by atomic mass is 16.7. The second-order valence-electron chi connectivity index (χ2n) is 5.75. The summed E-state index contributed by atoms with van der Waals surface area (Å²) in [5.74, 6) is 1.48. The highest BCUT2D eigenvalue weighted by molar-refractivity contribution is 5.73. The van der Waals surface area contributed by atoms with E-state index in [2.05, 4.69) is 22.5 Å². The summed E-state index contributed by atoms with van der Waals surface area (Å²) in [4.78, 5) is 14.2. The Labute approximate surface area is 135 Å². The quantitative estimate of drug-likeness (QED) is 0.844. The SMILES string of the molecule is C[C@H](CNC(=O)NCc1ccc2c(c1)OCO2)N1CCOCC1. The van der Waals surface area contributed by atoms with Gasteiger partial charge in [-0.2, -0.15) is 0 Å². The van der Waals surface area contributed by atoms with Crippen molar-refractivity contribution in [2.24, 2.45) is 0 Å². The van der Waals surface area contributed by atoms with Crippen molar-refractivity contribution in [2.75, 3.05) is 39.6 Å². The summed E-state index contributed by atoms with van der Waals surface area (Å²) in [6.07, 6.45) is 0. The van der Waals surface area contributed by atoms with Gasteiger partial charge in [0.2, 0.25) is 6.79 Å². The van der Waals surface area contributed by atoms with Crippen LogP contribution in [0.5, 0.6) is 11.5 Å². The molecule has 2 amide bonds. The lowest BCUT2D eigenvalue weighted by Crippen LogP contribution is -2.48. The molecule has 0 aromatic heterocycles. The lowest BCUT2D eigenvalue weighted by Gasteiger charge is -2.32. The number of amides is 2. The second kappa shape index (κ2) is 7.52. The van der Waals surface area contributed by atoms with Crippen molar-refractivity contribution in [3.8, 4) is 11.5 Å². The number of carbonyl (C=O) groups excluding carboxylic acids is 1. The van der Waals surface area contributed by atoms with Crippen molar-refractivity contribution >= 4 is 6.03 Å². The van der Waals surface area contributed by atoms with Crippen LogP contribution in [-0.4, -0.2) is 56.6 Å². The molecule has 1 fully saturated rings. The van der Waals surface area contributed by atoms with Crippen LogP contribution in [0.3, 0.4) is 0 Å². The molecule has 0 saturated carbocycles. The van der Waals surface area contributed by atoms with Crippen molar-refractivity contribution < 1.29 is 19.0 Å².